The third-order valence-electron chi connectivity index (χ3n) is 3.28. The van der Waals surface area contributed by atoms with Crippen molar-refractivity contribution in [2.45, 2.75) is 0 Å². The van der Waals surface area contributed by atoms with Crippen molar-refractivity contribution in [2.75, 3.05) is 11.9 Å². The zero-order valence-corrected chi connectivity index (χ0v) is 14.9. The molecule has 3 aromatic carbocycles. The molecule has 0 heterocycles. The third-order valence-corrected chi connectivity index (χ3v) is 3.78. The van der Waals surface area contributed by atoms with Crippen LogP contribution in [-0.2, 0) is 4.79 Å². The van der Waals surface area contributed by atoms with Crippen molar-refractivity contribution in [1.29, 1.82) is 0 Å². The average Bonchev–Trinajstić information content (AvgIpc) is 2.63. The van der Waals surface area contributed by atoms with Gasteiger partial charge in [-0.15, -0.1) is 0 Å². The standard InChI is InChI=1S/C20H16BrNO3/c21-15-5-4-8-19(13-15)24-14-20(23)22-16-9-11-18(12-10-16)25-17-6-2-1-3-7-17/h1-13H,14H2,(H,22,23). The van der Waals surface area contributed by atoms with Crippen molar-refractivity contribution >= 4 is 27.5 Å². The van der Waals surface area contributed by atoms with Gasteiger partial charge in [-0.2, -0.15) is 0 Å². The minimum Gasteiger partial charge on any atom is -0.484 e. The van der Waals surface area contributed by atoms with Crippen molar-refractivity contribution < 1.29 is 14.3 Å². The number of halogens is 1. The number of rotatable bonds is 6. The lowest BCUT2D eigenvalue weighted by Gasteiger charge is -2.09. The van der Waals surface area contributed by atoms with Crippen LogP contribution in [0.15, 0.2) is 83.3 Å². The molecule has 0 saturated carbocycles. The van der Waals surface area contributed by atoms with Gasteiger partial charge in [0.25, 0.3) is 5.91 Å². The second-order valence-electron chi connectivity index (χ2n) is 5.23. The molecule has 3 rings (SSSR count). The molecule has 1 N–H and O–H groups in total. The molecule has 0 aliphatic carbocycles. The van der Waals surface area contributed by atoms with Crippen molar-refractivity contribution in [1.82, 2.24) is 0 Å². The molecular formula is C20H16BrNO3. The van der Waals surface area contributed by atoms with Gasteiger partial charge in [0.15, 0.2) is 6.61 Å². The number of nitrogens with one attached hydrogen (secondary N) is 1. The molecule has 3 aromatic rings. The zero-order valence-electron chi connectivity index (χ0n) is 13.3. The summed E-state index contributed by atoms with van der Waals surface area (Å²) in [5.74, 6) is 1.88. The Kier molecular flexibility index (Phi) is 5.69. The third kappa shape index (κ3) is 5.36. The number of para-hydroxylation sites is 1. The molecule has 0 aliphatic rings. The van der Waals surface area contributed by atoms with E-state index < -0.39 is 0 Å². The number of anilines is 1. The van der Waals surface area contributed by atoms with E-state index in [4.69, 9.17) is 9.47 Å². The molecule has 0 aromatic heterocycles. The van der Waals surface area contributed by atoms with Crippen LogP contribution in [0.1, 0.15) is 0 Å². The molecule has 1 amide bonds. The molecule has 0 radical (unpaired) electrons. The van der Waals surface area contributed by atoms with Crippen molar-refractivity contribution in [3.8, 4) is 17.2 Å². The minimum absolute atomic E-state index is 0.0568. The Hall–Kier alpha value is -2.79. The van der Waals surface area contributed by atoms with Gasteiger partial charge in [0.2, 0.25) is 0 Å². The molecule has 126 valence electrons. The first-order valence-corrected chi connectivity index (χ1v) is 8.49. The van der Waals surface area contributed by atoms with Crippen LogP contribution >= 0.6 is 15.9 Å². The van der Waals surface area contributed by atoms with E-state index in [9.17, 15) is 4.79 Å². The molecule has 0 aliphatic heterocycles. The summed E-state index contributed by atoms with van der Waals surface area (Å²) >= 11 is 3.36. The number of hydrogen-bond acceptors (Lipinski definition) is 3. The second-order valence-corrected chi connectivity index (χ2v) is 6.15. The molecule has 0 saturated heterocycles. The van der Waals surface area contributed by atoms with Crippen LogP contribution in [0, 0.1) is 0 Å². The smallest absolute Gasteiger partial charge is 0.262 e. The van der Waals surface area contributed by atoms with E-state index >= 15 is 0 Å². The average molecular weight is 398 g/mol. The summed E-state index contributed by atoms with van der Waals surface area (Å²) in [5, 5.41) is 2.79. The molecule has 0 bridgehead atoms. The largest absolute Gasteiger partial charge is 0.484 e. The van der Waals surface area contributed by atoms with Crippen LogP contribution in [0.5, 0.6) is 17.2 Å². The molecule has 25 heavy (non-hydrogen) atoms. The first kappa shape index (κ1) is 17.0. The quantitative estimate of drug-likeness (QED) is 0.616. The summed E-state index contributed by atoms with van der Waals surface area (Å²) in [6, 6.07) is 24.1. The fourth-order valence-electron chi connectivity index (χ4n) is 2.13. The SMILES string of the molecule is O=C(COc1cccc(Br)c1)Nc1ccc(Oc2ccccc2)cc1. The summed E-state index contributed by atoms with van der Waals surface area (Å²) in [6.07, 6.45) is 0. The molecule has 0 spiro atoms. The number of carbonyl (C=O) groups excluding carboxylic acids is 1. The molecule has 0 fully saturated rings. The topological polar surface area (TPSA) is 47.6 Å². The highest BCUT2D eigenvalue weighted by Gasteiger charge is 2.05. The molecule has 5 heteroatoms. The maximum Gasteiger partial charge on any atom is 0.262 e. The normalized spacial score (nSPS) is 10.1. The highest BCUT2D eigenvalue weighted by molar-refractivity contribution is 9.10. The summed E-state index contributed by atoms with van der Waals surface area (Å²) in [4.78, 5) is 12.0. The Morgan fingerprint density at radius 3 is 2.24 bits per heavy atom. The van der Waals surface area contributed by atoms with E-state index in [1.165, 1.54) is 0 Å². The highest BCUT2D eigenvalue weighted by atomic mass is 79.9. The molecule has 0 atom stereocenters. The number of hydrogen-bond donors (Lipinski definition) is 1. The van der Waals surface area contributed by atoms with Gasteiger partial charge in [0, 0.05) is 10.2 Å². The maximum atomic E-state index is 12.0. The summed E-state index contributed by atoms with van der Waals surface area (Å²) in [6.45, 7) is -0.0568. The van der Waals surface area contributed by atoms with Gasteiger partial charge in [-0.1, -0.05) is 40.2 Å². The van der Waals surface area contributed by atoms with Crippen molar-refractivity contribution in [2.24, 2.45) is 0 Å². The van der Waals surface area contributed by atoms with E-state index in [1.54, 1.807) is 30.3 Å². The van der Waals surface area contributed by atoms with Gasteiger partial charge >= 0.3 is 0 Å². The fourth-order valence-corrected chi connectivity index (χ4v) is 2.51. The van der Waals surface area contributed by atoms with E-state index in [0.29, 0.717) is 17.2 Å². The van der Waals surface area contributed by atoms with E-state index in [1.807, 2.05) is 48.5 Å². The van der Waals surface area contributed by atoms with Crippen LogP contribution in [0.3, 0.4) is 0 Å². The number of amides is 1. The first-order chi connectivity index (χ1) is 12.2. The van der Waals surface area contributed by atoms with Crippen molar-refractivity contribution in [3.05, 3.63) is 83.3 Å². The van der Waals surface area contributed by atoms with Crippen LogP contribution in [-0.4, -0.2) is 12.5 Å². The highest BCUT2D eigenvalue weighted by Crippen LogP contribution is 2.22. The first-order valence-electron chi connectivity index (χ1n) is 7.70. The van der Waals surface area contributed by atoms with E-state index in [0.717, 1.165) is 10.2 Å². The molecular weight excluding hydrogens is 382 g/mol. The zero-order chi connectivity index (χ0) is 17.5. The Bertz CT molecular complexity index is 835. The number of ether oxygens (including phenoxy) is 2. The lowest BCUT2D eigenvalue weighted by atomic mass is 10.3. The Morgan fingerprint density at radius 1 is 0.840 bits per heavy atom. The minimum atomic E-state index is -0.225. The molecule has 4 nitrogen and oxygen atoms in total. The lowest BCUT2D eigenvalue weighted by Crippen LogP contribution is -2.20. The maximum absolute atomic E-state index is 12.0. The Labute approximate surface area is 154 Å². The lowest BCUT2D eigenvalue weighted by molar-refractivity contribution is -0.118. The monoisotopic (exact) mass is 397 g/mol. The number of benzene rings is 3. The Morgan fingerprint density at radius 2 is 1.52 bits per heavy atom. The second kappa shape index (κ2) is 8.35. The van der Waals surface area contributed by atoms with Crippen molar-refractivity contribution in [3.63, 3.8) is 0 Å². The number of carbonyl (C=O) groups is 1. The van der Waals surface area contributed by atoms with Gasteiger partial charge < -0.3 is 14.8 Å². The summed E-state index contributed by atoms with van der Waals surface area (Å²) in [5.41, 5.74) is 0.684. The van der Waals surface area contributed by atoms with E-state index in [-0.39, 0.29) is 12.5 Å². The van der Waals surface area contributed by atoms with Gasteiger partial charge in [0.05, 0.1) is 0 Å². The predicted octanol–water partition coefficient (Wildman–Crippen LogP) is 5.26. The van der Waals surface area contributed by atoms with Gasteiger partial charge in [-0.25, -0.2) is 0 Å². The van der Waals surface area contributed by atoms with E-state index in [2.05, 4.69) is 21.2 Å². The Balaban J connectivity index is 1.51. The van der Waals surface area contributed by atoms with Gasteiger partial charge in [-0.3, -0.25) is 4.79 Å². The van der Waals surface area contributed by atoms with Crippen LogP contribution in [0.25, 0.3) is 0 Å². The summed E-state index contributed by atoms with van der Waals surface area (Å²) < 4.78 is 12.1. The molecule has 0 unspecified atom stereocenters. The van der Waals surface area contributed by atoms with Gasteiger partial charge in [-0.05, 0) is 54.6 Å². The van der Waals surface area contributed by atoms with Gasteiger partial charge in [0.1, 0.15) is 17.2 Å². The van der Waals surface area contributed by atoms with Crippen LogP contribution in [0.4, 0.5) is 5.69 Å². The van der Waals surface area contributed by atoms with Crippen LogP contribution in [0.2, 0.25) is 0 Å². The predicted molar refractivity (Wildman–Crippen MR) is 101 cm³/mol. The van der Waals surface area contributed by atoms with Crippen LogP contribution < -0.4 is 14.8 Å². The fraction of sp³-hybridized carbons (Fsp3) is 0.0500. The summed E-state index contributed by atoms with van der Waals surface area (Å²) in [7, 11) is 0.